The second kappa shape index (κ2) is 6.37. The van der Waals surface area contributed by atoms with Crippen molar-refractivity contribution in [3.63, 3.8) is 0 Å². The maximum atomic E-state index is 14.4. The molecule has 1 saturated carbocycles. The largest absolute Gasteiger partial charge is 0.310 e. The lowest BCUT2D eigenvalue weighted by Crippen LogP contribution is -2.33. The summed E-state index contributed by atoms with van der Waals surface area (Å²) < 4.78 is 54.7. The van der Waals surface area contributed by atoms with Crippen LogP contribution in [0.2, 0.25) is 0 Å². The van der Waals surface area contributed by atoms with E-state index < -0.39 is 26.6 Å². The molecule has 118 valence electrons. The van der Waals surface area contributed by atoms with Gasteiger partial charge in [-0.15, -0.1) is 0 Å². The molecule has 2 N–H and O–H groups in total. The van der Waals surface area contributed by atoms with E-state index in [2.05, 4.69) is 10.0 Å². The third-order valence-electron chi connectivity index (χ3n) is 3.55. The van der Waals surface area contributed by atoms with Gasteiger partial charge in [0.2, 0.25) is 10.0 Å². The average molecular weight is 318 g/mol. The monoisotopic (exact) mass is 318 g/mol. The van der Waals surface area contributed by atoms with E-state index in [0.717, 1.165) is 25.0 Å². The van der Waals surface area contributed by atoms with Gasteiger partial charge < -0.3 is 5.32 Å². The van der Waals surface area contributed by atoms with E-state index in [4.69, 9.17) is 0 Å². The summed E-state index contributed by atoms with van der Waals surface area (Å²) in [7, 11) is -3.98. The van der Waals surface area contributed by atoms with Gasteiger partial charge in [0.1, 0.15) is 10.7 Å². The Kier molecular flexibility index (Phi) is 4.95. The molecule has 21 heavy (non-hydrogen) atoms. The van der Waals surface area contributed by atoms with Crippen LogP contribution in [0.1, 0.15) is 38.7 Å². The van der Waals surface area contributed by atoms with E-state index in [-0.39, 0.29) is 24.2 Å². The molecule has 1 unspecified atom stereocenters. The zero-order valence-corrected chi connectivity index (χ0v) is 12.9. The molecule has 1 aliphatic carbocycles. The average Bonchev–Trinajstić information content (AvgIpc) is 3.21. The van der Waals surface area contributed by atoms with Gasteiger partial charge in [0.25, 0.3) is 0 Å². The van der Waals surface area contributed by atoms with Crippen molar-refractivity contribution in [2.24, 2.45) is 0 Å². The van der Waals surface area contributed by atoms with E-state index in [9.17, 15) is 17.2 Å². The molecule has 0 spiro atoms. The molecule has 1 atom stereocenters. The highest BCUT2D eigenvalue weighted by atomic mass is 32.2. The topological polar surface area (TPSA) is 58.2 Å². The van der Waals surface area contributed by atoms with E-state index in [1.165, 1.54) is 0 Å². The molecule has 1 fully saturated rings. The predicted molar refractivity (Wildman–Crippen MR) is 76.3 cm³/mol. The molecule has 0 aromatic heterocycles. The summed E-state index contributed by atoms with van der Waals surface area (Å²) in [5.41, 5.74) is -0.228. The molecule has 2 rings (SSSR count). The highest BCUT2D eigenvalue weighted by Gasteiger charge is 2.26. The molecular formula is C14H20F2N2O2S. The standard InChI is InChI=1S/C14H20F2N2O2S/c1-3-9(2)18-21(19,20)13-7-6-12(15)11(14(13)16)8-17-10-4-5-10/h6-7,9-10,17-18H,3-5,8H2,1-2H3. The van der Waals surface area contributed by atoms with Crippen LogP contribution < -0.4 is 10.0 Å². The fourth-order valence-corrected chi connectivity index (χ4v) is 3.32. The van der Waals surface area contributed by atoms with Crippen LogP contribution in [0.3, 0.4) is 0 Å². The first-order valence-electron chi connectivity index (χ1n) is 7.07. The Morgan fingerprint density at radius 1 is 1.33 bits per heavy atom. The van der Waals surface area contributed by atoms with Gasteiger partial charge in [-0.1, -0.05) is 6.92 Å². The molecule has 1 aliphatic rings. The summed E-state index contributed by atoms with van der Waals surface area (Å²) in [6.07, 6.45) is 2.55. The Morgan fingerprint density at radius 3 is 2.57 bits per heavy atom. The van der Waals surface area contributed by atoms with Crippen molar-refractivity contribution in [1.29, 1.82) is 0 Å². The Bertz CT molecular complexity index is 616. The predicted octanol–water partition coefficient (Wildman–Crippen LogP) is 2.29. The maximum absolute atomic E-state index is 14.4. The van der Waals surface area contributed by atoms with Gasteiger partial charge >= 0.3 is 0 Å². The highest BCUT2D eigenvalue weighted by Crippen LogP contribution is 2.24. The minimum absolute atomic E-state index is 0.00494. The number of nitrogens with one attached hydrogen (secondary N) is 2. The van der Waals surface area contributed by atoms with Crippen LogP contribution in [0.15, 0.2) is 17.0 Å². The number of sulfonamides is 1. The molecule has 1 aromatic carbocycles. The fraction of sp³-hybridized carbons (Fsp3) is 0.571. The molecule has 0 amide bonds. The van der Waals surface area contributed by atoms with Gasteiger partial charge in [0.15, 0.2) is 5.82 Å². The zero-order chi connectivity index (χ0) is 15.6. The molecule has 0 radical (unpaired) electrons. The first-order chi connectivity index (χ1) is 9.85. The maximum Gasteiger partial charge on any atom is 0.243 e. The zero-order valence-electron chi connectivity index (χ0n) is 12.1. The fourth-order valence-electron chi connectivity index (χ4n) is 1.89. The van der Waals surface area contributed by atoms with Crippen molar-refractivity contribution in [2.75, 3.05) is 0 Å². The second-order valence-electron chi connectivity index (χ2n) is 5.42. The molecule has 0 saturated heterocycles. The Hall–Kier alpha value is -1.05. The quantitative estimate of drug-likeness (QED) is 0.811. The Labute approximate surface area is 124 Å². The number of hydrogen-bond donors (Lipinski definition) is 2. The smallest absolute Gasteiger partial charge is 0.243 e. The number of benzene rings is 1. The third kappa shape index (κ3) is 3.99. The van der Waals surface area contributed by atoms with Crippen LogP contribution in [0.5, 0.6) is 0 Å². The van der Waals surface area contributed by atoms with Crippen molar-refractivity contribution in [3.8, 4) is 0 Å². The summed E-state index contributed by atoms with van der Waals surface area (Å²) in [6, 6.07) is 1.93. The lowest BCUT2D eigenvalue weighted by molar-refractivity contribution is 0.506. The molecule has 4 nitrogen and oxygen atoms in total. The summed E-state index contributed by atoms with van der Waals surface area (Å²) in [5, 5.41) is 2.99. The van der Waals surface area contributed by atoms with Crippen molar-refractivity contribution in [3.05, 3.63) is 29.3 Å². The van der Waals surface area contributed by atoms with Crippen LogP contribution in [0, 0.1) is 11.6 Å². The molecule has 0 aliphatic heterocycles. The van der Waals surface area contributed by atoms with Crippen LogP contribution >= 0.6 is 0 Å². The van der Waals surface area contributed by atoms with E-state index in [1.807, 2.05) is 6.92 Å². The van der Waals surface area contributed by atoms with Crippen LogP contribution in [-0.4, -0.2) is 20.5 Å². The first-order valence-corrected chi connectivity index (χ1v) is 8.56. The third-order valence-corrected chi connectivity index (χ3v) is 5.16. The van der Waals surface area contributed by atoms with E-state index >= 15 is 0 Å². The van der Waals surface area contributed by atoms with Crippen molar-refractivity contribution >= 4 is 10.0 Å². The van der Waals surface area contributed by atoms with Crippen LogP contribution in [0.25, 0.3) is 0 Å². The summed E-state index contributed by atoms with van der Waals surface area (Å²) in [6.45, 7) is 3.50. The lowest BCUT2D eigenvalue weighted by atomic mass is 10.2. The normalized spacial score (nSPS) is 17.0. The summed E-state index contributed by atoms with van der Waals surface area (Å²) >= 11 is 0. The van der Waals surface area contributed by atoms with Gasteiger partial charge in [-0.3, -0.25) is 0 Å². The van der Waals surface area contributed by atoms with Crippen LogP contribution in [0.4, 0.5) is 8.78 Å². The Morgan fingerprint density at radius 2 is 2.00 bits per heavy atom. The summed E-state index contributed by atoms with van der Waals surface area (Å²) in [4.78, 5) is -0.503. The van der Waals surface area contributed by atoms with E-state index in [1.54, 1.807) is 6.92 Å². The van der Waals surface area contributed by atoms with Gasteiger partial charge in [0.05, 0.1) is 0 Å². The lowest BCUT2D eigenvalue weighted by Gasteiger charge is -2.14. The van der Waals surface area contributed by atoms with Crippen molar-refractivity contribution < 1.29 is 17.2 Å². The molecule has 1 aromatic rings. The Balaban J connectivity index is 2.28. The minimum atomic E-state index is -3.98. The van der Waals surface area contributed by atoms with E-state index in [0.29, 0.717) is 6.42 Å². The molecule has 7 heteroatoms. The first kappa shape index (κ1) is 16.3. The van der Waals surface area contributed by atoms with Gasteiger partial charge in [-0.2, -0.15) is 0 Å². The molecule has 0 bridgehead atoms. The second-order valence-corrected chi connectivity index (χ2v) is 7.11. The SMILES string of the molecule is CCC(C)NS(=O)(=O)c1ccc(F)c(CNC2CC2)c1F. The summed E-state index contributed by atoms with van der Waals surface area (Å²) in [5.74, 6) is -1.75. The molecule has 0 heterocycles. The van der Waals surface area contributed by atoms with Gasteiger partial charge in [0, 0.05) is 24.2 Å². The number of hydrogen-bond acceptors (Lipinski definition) is 3. The number of rotatable bonds is 7. The van der Waals surface area contributed by atoms with Crippen molar-refractivity contribution in [1.82, 2.24) is 10.0 Å². The molecular weight excluding hydrogens is 298 g/mol. The van der Waals surface area contributed by atoms with Gasteiger partial charge in [-0.25, -0.2) is 21.9 Å². The number of halogens is 2. The minimum Gasteiger partial charge on any atom is -0.310 e. The van der Waals surface area contributed by atoms with Crippen LogP contribution in [-0.2, 0) is 16.6 Å². The van der Waals surface area contributed by atoms with Gasteiger partial charge in [-0.05, 0) is 38.3 Å². The highest BCUT2D eigenvalue weighted by molar-refractivity contribution is 7.89. The van der Waals surface area contributed by atoms with Crippen molar-refractivity contribution in [2.45, 2.75) is 56.6 Å².